The number of rotatable bonds is 42. The highest BCUT2D eigenvalue weighted by molar-refractivity contribution is 7.47. The summed E-state index contributed by atoms with van der Waals surface area (Å²) >= 11 is 0. The van der Waals surface area contributed by atoms with Gasteiger partial charge < -0.3 is 18.9 Å². The lowest BCUT2D eigenvalue weighted by molar-refractivity contribution is -0.870. The van der Waals surface area contributed by atoms with Gasteiger partial charge in [0.15, 0.2) is 6.10 Å². The zero-order valence-electron chi connectivity index (χ0n) is 38.0. The first-order chi connectivity index (χ1) is 28.0. The molecule has 338 valence electrons. The Morgan fingerprint density at radius 1 is 0.534 bits per heavy atom. The average Bonchev–Trinajstić information content (AvgIpc) is 3.17. The number of likely N-dealkylation sites (N-methyl/N-ethyl adjacent to an activating group) is 1. The summed E-state index contributed by atoms with van der Waals surface area (Å²) in [6.07, 6.45) is 47.4. The minimum Gasteiger partial charge on any atom is -0.462 e. The van der Waals surface area contributed by atoms with Gasteiger partial charge in [0.2, 0.25) is 0 Å². The van der Waals surface area contributed by atoms with Crippen LogP contribution in [0, 0.1) is 0 Å². The topological polar surface area (TPSA) is 108 Å². The smallest absolute Gasteiger partial charge is 0.462 e. The number of carbonyl (C=O) groups is 2. The predicted octanol–water partition coefficient (Wildman–Crippen LogP) is 13.5. The van der Waals surface area contributed by atoms with Crippen LogP contribution < -0.4 is 0 Å². The summed E-state index contributed by atoms with van der Waals surface area (Å²) < 4.78 is 34.3. The molecule has 0 aromatic heterocycles. The van der Waals surface area contributed by atoms with Crippen molar-refractivity contribution in [1.29, 1.82) is 0 Å². The van der Waals surface area contributed by atoms with Crippen molar-refractivity contribution in [3.05, 3.63) is 48.6 Å². The lowest BCUT2D eigenvalue weighted by Crippen LogP contribution is -2.37. The van der Waals surface area contributed by atoms with Gasteiger partial charge in [0.05, 0.1) is 27.7 Å². The van der Waals surface area contributed by atoms with Gasteiger partial charge in [0.25, 0.3) is 0 Å². The van der Waals surface area contributed by atoms with Crippen LogP contribution in [-0.4, -0.2) is 74.9 Å². The third kappa shape index (κ3) is 43.5. The van der Waals surface area contributed by atoms with E-state index in [1.807, 2.05) is 21.1 Å². The highest BCUT2D eigenvalue weighted by Crippen LogP contribution is 2.43. The van der Waals surface area contributed by atoms with Crippen molar-refractivity contribution in [2.75, 3.05) is 47.5 Å². The van der Waals surface area contributed by atoms with Gasteiger partial charge in [-0.25, -0.2) is 4.57 Å². The Labute approximate surface area is 356 Å². The fourth-order valence-corrected chi connectivity index (χ4v) is 6.88. The van der Waals surface area contributed by atoms with Crippen LogP contribution in [0.4, 0.5) is 0 Å². The van der Waals surface area contributed by atoms with Gasteiger partial charge >= 0.3 is 19.8 Å². The van der Waals surface area contributed by atoms with Gasteiger partial charge in [0, 0.05) is 12.8 Å². The van der Waals surface area contributed by atoms with E-state index in [-0.39, 0.29) is 32.0 Å². The zero-order chi connectivity index (χ0) is 42.8. The normalized spacial score (nSPS) is 14.0. The van der Waals surface area contributed by atoms with E-state index in [4.69, 9.17) is 18.5 Å². The number of phosphoric ester groups is 1. The molecule has 58 heavy (non-hydrogen) atoms. The SMILES string of the molecule is CCCCC/C=C/C/C=C/CCCCCCCCCC(=O)OC[C@H](COP(=O)(O)OCC[N+](C)(C)C)OC(=O)CCC/C=C/C/C=C/CCCCCCCCCCC. The summed E-state index contributed by atoms with van der Waals surface area (Å²) in [7, 11) is 1.44. The van der Waals surface area contributed by atoms with E-state index in [0.29, 0.717) is 17.4 Å². The average molecular weight is 839 g/mol. The summed E-state index contributed by atoms with van der Waals surface area (Å²) in [4.78, 5) is 35.4. The van der Waals surface area contributed by atoms with Crippen LogP contribution in [0.25, 0.3) is 0 Å². The van der Waals surface area contributed by atoms with E-state index >= 15 is 0 Å². The van der Waals surface area contributed by atoms with E-state index in [9.17, 15) is 19.0 Å². The van der Waals surface area contributed by atoms with Gasteiger partial charge in [-0.15, -0.1) is 0 Å². The number of nitrogens with zero attached hydrogens (tertiary/aromatic N) is 1. The quantitative estimate of drug-likeness (QED) is 0.0213. The molecule has 0 saturated heterocycles. The number of ether oxygens (including phenoxy) is 2. The van der Waals surface area contributed by atoms with Gasteiger partial charge in [-0.05, 0) is 70.6 Å². The number of hydrogen-bond donors (Lipinski definition) is 1. The van der Waals surface area contributed by atoms with Gasteiger partial charge in [-0.1, -0.05) is 159 Å². The maximum atomic E-state index is 12.7. The van der Waals surface area contributed by atoms with Crippen LogP contribution in [0.1, 0.15) is 194 Å². The standard InChI is InChI=1S/C48H88NO8P/c1-6-8-10-12-14-16-18-20-22-24-26-28-30-32-34-36-38-40-47(50)54-44-46(45-56-58(52,53)55-43-42-49(3,4)5)57-48(51)41-39-37-35-33-31-29-27-25-23-21-19-17-15-13-11-9-7-2/h14,16,20,22,27,29,33,35,46H,6-13,15,17-19,21,23-26,28,30-32,34,36-45H2,1-5H3/p+1/b16-14+,22-20+,29-27+,35-33+/t46-/m1/s1. The Bertz CT molecular complexity index is 1130. The highest BCUT2D eigenvalue weighted by atomic mass is 31.2. The van der Waals surface area contributed by atoms with Crippen molar-refractivity contribution in [3.63, 3.8) is 0 Å². The Kier molecular flexibility index (Phi) is 39.0. The second kappa shape index (κ2) is 40.4. The fourth-order valence-electron chi connectivity index (χ4n) is 6.14. The number of hydrogen-bond acceptors (Lipinski definition) is 7. The van der Waals surface area contributed by atoms with Crippen LogP contribution in [0.2, 0.25) is 0 Å². The van der Waals surface area contributed by atoms with Crippen molar-refractivity contribution in [1.82, 2.24) is 0 Å². The van der Waals surface area contributed by atoms with E-state index in [1.54, 1.807) is 0 Å². The molecule has 0 saturated carbocycles. The number of unbranched alkanes of at least 4 members (excludes halogenated alkanes) is 20. The molecule has 9 nitrogen and oxygen atoms in total. The number of quaternary nitrogens is 1. The molecule has 1 unspecified atom stereocenters. The third-order valence-corrected chi connectivity index (χ3v) is 10.8. The number of carbonyl (C=O) groups excluding carboxylic acids is 2. The molecule has 0 heterocycles. The Morgan fingerprint density at radius 3 is 1.45 bits per heavy atom. The summed E-state index contributed by atoms with van der Waals surface area (Å²) in [6.45, 7) is 4.34. The molecule has 0 aromatic rings. The molecule has 0 aromatic carbocycles. The maximum Gasteiger partial charge on any atom is 0.472 e. The number of esters is 2. The lowest BCUT2D eigenvalue weighted by Gasteiger charge is -2.24. The predicted molar refractivity (Wildman–Crippen MR) is 243 cm³/mol. The second-order valence-corrected chi connectivity index (χ2v) is 18.2. The molecule has 0 rings (SSSR count). The molecule has 0 bridgehead atoms. The summed E-state index contributed by atoms with van der Waals surface area (Å²) in [5.74, 6) is -0.860. The van der Waals surface area contributed by atoms with Crippen molar-refractivity contribution in [3.8, 4) is 0 Å². The Balaban J connectivity index is 4.40. The largest absolute Gasteiger partial charge is 0.472 e. The van der Waals surface area contributed by atoms with Crippen molar-refractivity contribution >= 4 is 19.8 Å². The van der Waals surface area contributed by atoms with E-state index in [1.165, 1.54) is 103 Å². The second-order valence-electron chi connectivity index (χ2n) is 16.8. The molecule has 2 atom stereocenters. The van der Waals surface area contributed by atoms with Gasteiger partial charge in [-0.3, -0.25) is 18.6 Å². The van der Waals surface area contributed by atoms with Crippen LogP contribution >= 0.6 is 7.82 Å². The summed E-state index contributed by atoms with van der Waals surface area (Å²) in [6, 6.07) is 0. The van der Waals surface area contributed by atoms with Crippen molar-refractivity contribution in [2.24, 2.45) is 0 Å². The molecule has 0 fully saturated rings. The molecule has 0 aliphatic carbocycles. The first kappa shape index (κ1) is 56.0. The first-order valence-corrected chi connectivity index (χ1v) is 24.9. The maximum absolute atomic E-state index is 12.7. The summed E-state index contributed by atoms with van der Waals surface area (Å²) in [5.41, 5.74) is 0. The molecule has 1 N–H and O–H groups in total. The lowest BCUT2D eigenvalue weighted by atomic mass is 10.1. The third-order valence-electron chi connectivity index (χ3n) is 9.83. The zero-order valence-corrected chi connectivity index (χ0v) is 38.9. The molecule has 0 aliphatic rings. The van der Waals surface area contributed by atoms with Crippen LogP contribution in [-0.2, 0) is 32.7 Å². The first-order valence-electron chi connectivity index (χ1n) is 23.4. The molecule has 0 aliphatic heterocycles. The number of phosphoric acid groups is 1. The summed E-state index contributed by atoms with van der Waals surface area (Å²) in [5, 5.41) is 0. The fraction of sp³-hybridized carbons (Fsp3) is 0.792. The van der Waals surface area contributed by atoms with E-state index in [0.717, 1.165) is 57.8 Å². The molecule has 10 heteroatoms. The molecule has 0 radical (unpaired) electrons. The van der Waals surface area contributed by atoms with Crippen LogP contribution in [0.5, 0.6) is 0 Å². The molecule has 0 spiro atoms. The molecular formula is C48H89NO8P+. The van der Waals surface area contributed by atoms with Gasteiger partial charge in [-0.2, -0.15) is 0 Å². The monoisotopic (exact) mass is 839 g/mol. The Morgan fingerprint density at radius 2 is 0.948 bits per heavy atom. The highest BCUT2D eigenvalue weighted by Gasteiger charge is 2.27. The molecular weight excluding hydrogens is 750 g/mol. The van der Waals surface area contributed by atoms with E-state index in [2.05, 4.69) is 62.5 Å². The van der Waals surface area contributed by atoms with Crippen LogP contribution in [0.15, 0.2) is 48.6 Å². The number of allylic oxidation sites excluding steroid dienone is 8. The van der Waals surface area contributed by atoms with Crippen molar-refractivity contribution in [2.45, 2.75) is 200 Å². The minimum atomic E-state index is -4.39. The molecule has 0 amide bonds. The van der Waals surface area contributed by atoms with Crippen molar-refractivity contribution < 1.29 is 42.1 Å². The van der Waals surface area contributed by atoms with Crippen LogP contribution in [0.3, 0.4) is 0 Å². The van der Waals surface area contributed by atoms with Gasteiger partial charge in [0.1, 0.15) is 19.8 Å². The minimum absolute atomic E-state index is 0.0219. The van der Waals surface area contributed by atoms with E-state index < -0.39 is 26.5 Å². The Hall–Kier alpha value is -2.03.